The second kappa shape index (κ2) is 15.0. The monoisotopic (exact) mass is 821 g/mol. The molecule has 0 atom stereocenters. The largest absolute Gasteiger partial charge is 0.744 e. The molecule has 4 aromatic rings. The third-order valence-corrected chi connectivity index (χ3v) is 13.4. The van der Waals surface area contributed by atoms with E-state index in [4.69, 9.17) is 9.15 Å². The van der Waals surface area contributed by atoms with Crippen molar-refractivity contribution in [2.75, 3.05) is 37.7 Å². The van der Waals surface area contributed by atoms with E-state index in [1.165, 1.54) is 18.2 Å². The van der Waals surface area contributed by atoms with Gasteiger partial charge in [-0.15, -0.1) is 0 Å². The van der Waals surface area contributed by atoms with Crippen LogP contribution in [0.5, 0.6) is 0 Å². The molecule has 300 valence electrons. The molecular weight excluding hydrogens is 779 g/mol. The number of fused-ring (bicyclic) bond motifs is 4. The Hall–Kier alpha value is -5.06. The van der Waals surface area contributed by atoms with E-state index in [9.17, 15) is 31.4 Å². The fourth-order valence-electron chi connectivity index (χ4n) is 8.84. The molecule has 1 aliphatic carbocycles. The first-order valence-corrected chi connectivity index (χ1v) is 22.4. The summed E-state index contributed by atoms with van der Waals surface area (Å²) < 4.78 is 79.2. The zero-order valence-electron chi connectivity index (χ0n) is 31.8. The van der Waals surface area contributed by atoms with E-state index in [-0.39, 0.29) is 21.7 Å². The van der Waals surface area contributed by atoms with Crippen LogP contribution in [-0.4, -0.2) is 70.3 Å². The third-order valence-electron chi connectivity index (χ3n) is 11.7. The van der Waals surface area contributed by atoms with E-state index in [0.717, 1.165) is 87.1 Å². The molecule has 1 fully saturated rings. The Balaban J connectivity index is 1.16. The van der Waals surface area contributed by atoms with Gasteiger partial charge in [0.15, 0.2) is 6.54 Å². The second-order valence-electron chi connectivity index (χ2n) is 15.2. The molecule has 0 spiro atoms. The number of hydrogen-bond acceptors (Lipinski definition) is 11. The number of nitrogens with zero attached hydrogens (tertiary/aromatic N) is 3. The predicted octanol–water partition coefficient (Wildman–Crippen LogP) is 7.82. The predicted molar refractivity (Wildman–Crippen MR) is 222 cm³/mol. The topological polar surface area (TPSA) is 167 Å². The normalized spacial score (nSPS) is 17.5. The molecule has 4 aromatic carbocycles. The Kier molecular flexibility index (Phi) is 9.91. The first-order chi connectivity index (χ1) is 27.9. The van der Waals surface area contributed by atoms with Crippen molar-refractivity contribution in [2.45, 2.75) is 48.9 Å². The molecule has 0 amide bonds. The molecule has 1 saturated heterocycles. The van der Waals surface area contributed by atoms with E-state index in [2.05, 4.69) is 56.8 Å². The summed E-state index contributed by atoms with van der Waals surface area (Å²) in [5, 5.41) is 1.82. The number of carbonyl (C=O) groups excluding carboxylic acids is 1. The highest BCUT2D eigenvalue weighted by Crippen LogP contribution is 2.46. The molecular formula is C44H43N3O9S2. The molecule has 4 aliphatic heterocycles. The van der Waals surface area contributed by atoms with E-state index < -0.39 is 21.0 Å². The Morgan fingerprint density at radius 1 is 0.862 bits per heavy atom. The van der Waals surface area contributed by atoms with Crippen molar-refractivity contribution in [1.29, 1.82) is 0 Å². The van der Waals surface area contributed by atoms with Gasteiger partial charge in [-0.2, -0.15) is 4.58 Å². The number of benzene rings is 5. The fraction of sp³-hybridized carbons (Fsp3) is 0.273. The molecule has 0 aromatic heterocycles. The molecule has 9 rings (SSSR count). The zero-order valence-corrected chi connectivity index (χ0v) is 33.5. The van der Waals surface area contributed by atoms with Gasteiger partial charge in [0.2, 0.25) is 11.0 Å². The van der Waals surface area contributed by atoms with Crippen LogP contribution in [0.25, 0.3) is 33.4 Å². The molecule has 12 nitrogen and oxygen atoms in total. The number of likely N-dealkylation sites (tertiary alicyclic amines) is 1. The van der Waals surface area contributed by atoms with Gasteiger partial charge in [0.1, 0.15) is 32.3 Å². The summed E-state index contributed by atoms with van der Waals surface area (Å²) in [4.78, 5) is 16.8. The van der Waals surface area contributed by atoms with Crippen molar-refractivity contribution in [3.63, 3.8) is 0 Å². The van der Waals surface area contributed by atoms with Gasteiger partial charge >= 0.3 is 5.97 Å². The van der Waals surface area contributed by atoms with E-state index in [1.807, 2.05) is 25.1 Å². The van der Waals surface area contributed by atoms with Gasteiger partial charge in [0, 0.05) is 71.2 Å². The quantitative estimate of drug-likeness (QED) is 0.0593. The molecule has 0 radical (unpaired) electrons. The van der Waals surface area contributed by atoms with Crippen molar-refractivity contribution < 1.29 is 40.6 Å². The summed E-state index contributed by atoms with van der Waals surface area (Å²) in [6, 6.07) is 30.3. The molecule has 0 saturated carbocycles. The van der Waals surface area contributed by atoms with Crippen LogP contribution in [0, 0.1) is 5.92 Å². The van der Waals surface area contributed by atoms with E-state index >= 15 is 0 Å². The fourth-order valence-corrected chi connectivity index (χ4v) is 9.91. The first kappa shape index (κ1) is 38.5. The van der Waals surface area contributed by atoms with Crippen molar-refractivity contribution in [2.24, 2.45) is 5.92 Å². The van der Waals surface area contributed by atoms with Crippen LogP contribution in [-0.2, 0) is 39.0 Å². The number of hydrogen-bond donors (Lipinski definition) is 3. The number of rotatable bonds is 8. The van der Waals surface area contributed by atoms with Gasteiger partial charge < -0.3 is 32.3 Å². The smallest absolute Gasteiger partial charge is 0.309 e. The number of esters is 1. The van der Waals surface area contributed by atoms with E-state index in [0.29, 0.717) is 50.4 Å². The number of anilines is 2. The lowest BCUT2D eigenvalue weighted by Crippen LogP contribution is -2.36. The van der Waals surface area contributed by atoms with Crippen molar-refractivity contribution in [1.82, 2.24) is 9.48 Å². The minimum atomic E-state index is -4.58. The minimum Gasteiger partial charge on any atom is -0.744 e. The van der Waals surface area contributed by atoms with Gasteiger partial charge in [0.05, 0.1) is 28.4 Å². The van der Waals surface area contributed by atoms with Crippen LogP contribution in [0.3, 0.4) is 0 Å². The molecule has 3 N–H and O–H groups in total. The van der Waals surface area contributed by atoms with Gasteiger partial charge in [-0.25, -0.2) is 8.42 Å². The second-order valence-corrected chi connectivity index (χ2v) is 18.0. The zero-order chi connectivity index (χ0) is 40.3. The summed E-state index contributed by atoms with van der Waals surface area (Å²) in [5.41, 5.74) is 9.14. The van der Waals surface area contributed by atoms with Crippen LogP contribution in [0.15, 0.2) is 111 Å². The maximum absolute atomic E-state index is 12.5. The van der Waals surface area contributed by atoms with Gasteiger partial charge in [-0.05, 0) is 104 Å². The Labute approximate surface area is 337 Å². The Bertz CT molecular complexity index is 2750. The molecule has 0 bridgehead atoms. The Morgan fingerprint density at radius 2 is 1.64 bits per heavy atom. The van der Waals surface area contributed by atoms with Crippen molar-refractivity contribution >= 4 is 55.0 Å². The SMILES string of the molecule is CCOC(=O)C1CCN(Cc2ccccc2-c2c3ccc(=[N+]4CCc5cc(S(O)(O)O)ccc54)cc-3oc3cc(N4CCc5cc(S(=O)(=O)[O-])ccc54)ccc23)CC1. The summed E-state index contributed by atoms with van der Waals surface area (Å²) in [6.07, 6.45) is 2.74. The van der Waals surface area contributed by atoms with Crippen molar-refractivity contribution in [3.8, 4) is 22.5 Å². The third kappa shape index (κ3) is 7.19. The van der Waals surface area contributed by atoms with Gasteiger partial charge in [-0.3, -0.25) is 9.69 Å². The van der Waals surface area contributed by atoms with E-state index in [1.54, 1.807) is 18.2 Å². The van der Waals surface area contributed by atoms with Crippen LogP contribution >= 0.6 is 10.9 Å². The highest BCUT2D eigenvalue weighted by molar-refractivity contribution is 8.19. The molecule has 0 unspecified atom stereocenters. The van der Waals surface area contributed by atoms with Gasteiger partial charge in [-0.1, -0.05) is 24.3 Å². The highest BCUT2D eigenvalue weighted by atomic mass is 32.3. The number of carbonyl (C=O) groups is 1. The minimum absolute atomic E-state index is 0.0823. The summed E-state index contributed by atoms with van der Waals surface area (Å²) in [6.45, 7) is 5.74. The lowest BCUT2D eigenvalue weighted by molar-refractivity contribution is -0.149. The average Bonchev–Trinajstić information content (AvgIpc) is 3.84. The summed E-state index contributed by atoms with van der Waals surface area (Å²) in [5.74, 6) is 0.473. The molecule has 58 heavy (non-hydrogen) atoms. The first-order valence-electron chi connectivity index (χ1n) is 19.4. The van der Waals surface area contributed by atoms with Crippen LogP contribution in [0.2, 0.25) is 0 Å². The van der Waals surface area contributed by atoms with Gasteiger partial charge in [0.25, 0.3) is 0 Å². The summed E-state index contributed by atoms with van der Waals surface area (Å²) in [7, 11) is -8.42. The number of ether oxygens (including phenoxy) is 1. The number of piperidine rings is 1. The molecule has 5 aliphatic rings. The van der Waals surface area contributed by atoms with Crippen molar-refractivity contribution in [3.05, 3.63) is 119 Å². The summed E-state index contributed by atoms with van der Waals surface area (Å²) >= 11 is 0. The highest BCUT2D eigenvalue weighted by Gasteiger charge is 2.30. The van der Waals surface area contributed by atoms with Crippen LogP contribution < -0.4 is 14.8 Å². The lowest BCUT2D eigenvalue weighted by Gasteiger charge is -2.31. The molecule has 4 heterocycles. The lowest BCUT2D eigenvalue weighted by atomic mass is 9.90. The van der Waals surface area contributed by atoms with Crippen LogP contribution in [0.1, 0.15) is 36.5 Å². The van der Waals surface area contributed by atoms with Crippen LogP contribution in [0.4, 0.5) is 17.1 Å². The Morgan fingerprint density at radius 3 is 2.41 bits per heavy atom. The standard InChI is InChI=1S/C44H43N3O9S2/c1-2-55-44(48)28-15-19-45(20-16-28)27-31-5-3-4-6-36(31)43-37-11-7-32(46-21-17-29-23-34(57(49,50)51)9-13-39(29)46)25-41(37)56-42-26-33(8-12-38(42)43)47-22-18-30-24-35(58(52,53)54)10-14-40(30)47/h3-14,23-26,28H,2,15-22,27H2,1H3,(H3-,49,50,51,52,53,54). The average molecular weight is 822 g/mol. The maximum atomic E-state index is 12.5. The molecule has 14 heteroatoms. The maximum Gasteiger partial charge on any atom is 0.309 e.